The zero-order valence-corrected chi connectivity index (χ0v) is 7.82. The van der Waals surface area contributed by atoms with E-state index in [1.54, 1.807) is 0 Å². The highest BCUT2D eigenvalue weighted by Crippen LogP contribution is 2.54. The van der Waals surface area contributed by atoms with Crippen molar-refractivity contribution < 1.29 is 4.79 Å². The maximum atomic E-state index is 11.1. The van der Waals surface area contributed by atoms with Crippen molar-refractivity contribution in [3.05, 3.63) is 0 Å². The van der Waals surface area contributed by atoms with Gasteiger partial charge in [-0.25, -0.2) is 0 Å². The Morgan fingerprint density at radius 2 is 1.67 bits per heavy atom. The van der Waals surface area contributed by atoms with Crippen LogP contribution in [0.3, 0.4) is 0 Å². The Morgan fingerprint density at radius 1 is 1.17 bits per heavy atom. The van der Waals surface area contributed by atoms with Crippen molar-refractivity contribution in [2.24, 2.45) is 16.9 Å². The van der Waals surface area contributed by atoms with Gasteiger partial charge in [0.1, 0.15) is 0 Å². The third-order valence-electron chi connectivity index (χ3n) is 3.42. The fraction of sp³-hybridized carbons (Fsp3) is 0.875. The van der Waals surface area contributed by atoms with Crippen molar-refractivity contribution in [1.29, 1.82) is 0 Å². The molecule has 0 aliphatic heterocycles. The maximum Gasteiger partial charge on any atom is 0.223 e. The quantitative estimate of drug-likeness (QED) is 0.634. The van der Waals surface area contributed by atoms with E-state index >= 15 is 0 Å². The average molecular weight is 191 g/mol. The molecule has 2 bridgehead atoms. The van der Waals surface area contributed by atoms with Gasteiger partial charge in [0, 0.05) is 5.54 Å². The molecule has 70 valence electrons. The first kappa shape index (κ1) is 9.81. The van der Waals surface area contributed by atoms with E-state index in [2.05, 4.69) is 0 Å². The van der Waals surface area contributed by atoms with E-state index in [9.17, 15) is 4.79 Å². The Balaban J connectivity index is 0.000000720. The Labute approximate surface area is 78.3 Å². The lowest BCUT2D eigenvalue weighted by molar-refractivity contribution is -0.127. The number of halogens is 1. The Kier molecular flexibility index (Phi) is 2.13. The first-order chi connectivity index (χ1) is 5.06. The van der Waals surface area contributed by atoms with Gasteiger partial charge in [0.2, 0.25) is 5.91 Å². The van der Waals surface area contributed by atoms with Gasteiger partial charge >= 0.3 is 0 Å². The van der Waals surface area contributed by atoms with Crippen LogP contribution in [0.15, 0.2) is 0 Å². The molecule has 0 aromatic rings. The molecule has 4 N–H and O–H groups in total. The second-order valence-electron chi connectivity index (χ2n) is 4.18. The smallest absolute Gasteiger partial charge is 0.223 e. The molecular weight excluding hydrogens is 176 g/mol. The highest BCUT2D eigenvalue weighted by molar-refractivity contribution is 5.85. The molecule has 0 atom stereocenters. The number of carbonyl (C=O) groups is 1. The first-order valence-electron chi connectivity index (χ1n) is 4.15. The summed E-state index contributed by atoms with van der Waals surface area (Å²) in [6, 6.07) is 0. The Morgan fingerprint density at radius 3 is 1.83 bits per heavy atom. The molecule has 3 nitrogen and oxygen atoms in total. The molecule has 2 aliphatic carbocycles. The molecule has 1 amide bonds. The highest BCUT2D eigenvalue weighted by atomic mass is 35.5. The van der Waals surface area contributed by atoms with Crippen LogP contribution in [0.25, 0.3) is 0 Å². The van der Waals surface area contributed by atoms with Crippen molar-refractivity contribution in [3.8, 4) is 0 Å². The van der Waals surface area contributed by atoms with Gasteiger partial charge in [-0.15, -0.1) is 12.4 Å². The molecule has 2 aliphatic rings. The summed E-state index contributed by atoms with van der Waals surface area (Å²) in [5.41, 5.74) is 11.1. The van der Waals surface area contributed by atoms with Gasteiger partial charge in [-0.2, -0.15) is 0 Å². The van der Waals surface area contributed by atoms with Gasteiger partial charge in [0.25, 0.3) is 0 Å². The normalized spacial score (nSPS) is 44.1. The van der Waals surface area contributed by atoms with Gasteiger partial charge in [-0.05, 0) is 32.1 Å². The number of primary amides is 1. The van der Waals surface area contributed by atoms with Crippen LogP contribution in [0.1, 0.15) is 32.1 Å². The number of amides is 1. The summed E-state index contributed by atoms with van der Waals surface area (Å²) < 4.78 is 0. The number of carbonyl (C=O) groups excluding carboxylic acids is 1. The molecule has 2 rings (SSSR count). The van der Waals surface area contributed by atoms with E-state index in [0.717, 1.165) is 32.1 Å². The number of rotatable bonds is 1. The second-order valence-corrected chi connectivity index (χ2v) is 4.18. The zero-order valence-electron chi connectivity index (χ0n) is 7.01. The van der Waals surface area contributed by atoms with Crippen molar-refractivity contribution in [1.82, 2.24) is 0 Å². The van der Waals surface area contributed by atoms with Crippen LogP contribution >= 0.6 is 12.4 Å². The SMILES string of the molecule is Cl.NC(=O)C12CCC(N)(CC1)C2. The van der Waals surface area contributed by atoms with E-state index in [1.807, 2.05) is 0 Å². The monoisotopic (exact) mass is 190 g/mol. The zero-order chi connectivity index (χ0) is 8.11. The minimum Gasteiger partial charge on any atom is -0.369 e. The van der Waals surface area contributed by atoms with Crippen LogP contribution in [-0.2, 0) is 4.79 Å². The molecule has 2 fully saturated rings. The van der Waals surface area contributed by atoms with E-state index in [1.165, 1.54) is 0 Å². The van der Waals surface area contributed by atoms with Gasteiger partial charge in [0.05, 0.1) is 5.41 Å². The van der Waals surface area contributed by atoms with Gasteiger partial charge in [-0.3, -0.25) is 4.79 Å². The molecule has 0 aromatic heterocycles. The number of hydrogen-bond donors (Lipinski definition) is 2. The van der Waals surface area contributed by atoms with E-state index in [4.69, 9.17) is 11.5 Å². The molecule has 0 spiro atoms. The van der Waals surface area contributed by atoms with Crippen LogP contribution < -0.4 is 11.5 Å². The maximum absolute atomic E-state index is 11.1. The fourth-order valence-corrected chi connectivity index (χ4v) is 2.59. The van der Waals surface area contributed by atoms with E-state index < -0.39 is 0 Å². The Bertz CT molecular complexity index is 209. The predicted octanol–water partition coefficient (Wildman–Crippen LogP) is 0.555. The van der Waals surface area contributed by atoms with Gasteiger partial charge in [-0.1, -0.05) is 0 Å². The molecule has 0 aromatic carbocycles. The van der Waals surface area contributed by atoms with E-state index in [0.29, 0.717) is 0 Å². The minimum atomic E-state index is -0.214. The summed E-state index contributed by atoms with van der Waals surface area (Å²) in [4.78, 5) is 11.1. The lowest BCUT2D eigenvalue weighted by Gasteiger charge is -2.22. The summed E-state index contributed by atoms with van der Waals surface area (Å²) >= 11 is 0. The van der Waals surface area contributed by atoms with Gasteiger partial charge in [0.15, 0.2) is 0 Å². The van der Waals surface area contributed by atoms with Crippen LogP contribution in [-0.4, -0.2) is 11.4 Å². The van der Waals surface area contributed by atoms with Crippen LogP contribution in [0.2, 0.25) is 0 Å². The molecule has 0 unspecified atom stereocenters. The molecule has 0 saturated heterocycles. The molecular formula is C8H15ClN2O. The van der Waals surface area contributed by atoms with Gasteiger partial charge < -0.3 is 11.5 Å². The minimum absolute atomic E-state index is 0. The third kappa shape index (κ3) is 1.12. The topological polar surface area (TPSA) is 69.1 Å². The highest BCUT2D eigenvalue weighted by Gasteiger charge is 2.55. The number of hydrogen-bond acceptors (Lipinski definition) is 2. The third-order valence-corrected chi connectivity index (χ3v) is 3.42. The van der Waals surface area contributed by atoms with Crippen molar-refractivity contribution >= 4 is 18.3 Å². The molecule has 2 saturated carbocycles. The predicted molar refractivity (Wildman–Crippen MR) is 48.9 cm³/mol. The van der Waals surface area contributed by atoms with Crippen molar-refractivity contribution in [2.45, 2.75) is 37.6 Å². The standard InChI is InChI=1S/C8H14N2O.ClH/c9-6(11)7-1-3-8(10,5-7)4-2-7;/h1-5,10H2,(H2,9,11);1H. The molecule has 0 radical (unpaired) electrons. The summed E-state index contributed by atoms with van der Waals surface area (Å²) in [6.45, 7) is 0. The average Bonchev–Trinajstić information content (AvgIpc) is 2.42. The summed E-state index contributed by atoms with van der Waals surface area (Å²) in [5, 5.41) is 0. The lowest BCUT2D eigenvalue weighted by atomic mass is 9.83. The summed E-state index contributed by atoms with van der Waals surface area (Å²) in [7, 11) is 0. The molecule has 12 heavy (non-hydrogen) atoms. The Hall–Kier alpha value is -0.280. The van der Waals surface area contributed by atoms with Crippen molar-refractivity contribution in [2.75, 3.05) is 0 Å². The number of fused-ring (bicyclic) bond motifs is 2. The van der Waals surface area contributed by atoms with Crippen LogP contribution in [0.5, 0.6) is 0 Å². The summed E-state index contributed by atoms with van der Waals surface area (Å²) in [6.07, 6.45) is 4.62. The van der Waals surface area contributed by atoms with E-state index in [-0.39, 0.29) is 29.3 Å². The first-order valence-corrected chi connectivity index (χ1v) is 4.15. The van der Waals surface area contributed by atoms with Crippen molar-refractivity contribution in [3.63, 3.8) is 0 Å². The number of nitrogens with two attached hydrogens (primary N) is 2. The van der Waals surface area contributed by atoms with Crippen LogP contribution in [0, 0.1) is 5.41 Å². The van der Waals surface area contributed by atoms with Crippen LogP contribution in [0.4, 0.5) is 0 Å². The molecule has 0 heterocycles. The largest absolute Gasteiger partial charge is 0.369 e. The summed E-state index contributed by atoms with van der Waals surface area (Å²) in [5.74, 6) is -0.137. The lowest BCUT2D eigenvalue weighted by Crippen LogP contribution is -2.34. The molecule has 4 heteroatoms. The fourth-order valence-electron chi connectivity index (χ4n) is 2.59. The second kappa shape index (κ2) is 2.60.